The average Bonchev–Trinajstić information content (AvgIpc) is 2.70. The highest BCUT2D eigenvalue weighted by Crippen LogP contribution is 2.19. The van der Waals surface area contributed by atoms with E-state index in [1.807, 2.05) is 30.8 Å². The molecule has 0 aliphatic heterocycles. The highest BCUT2D eigenvalue weighted by molar-refractivity contribution is 5.27. The molecule has 0 aliphatic carbocycles. The number of rotatable bonds is 4. The summed E-state index contributed by atoms with van der Waals surface area (Å²) in [5, 5.41) is 0. The first-order valence-electron chi connectivity index (χ1n) is 5.79. The van der Waals surface area contributed by atoms with E-state index in [0.717, 1.165) is 17.0 Å². The first kappa shape index (κ1) is 12.7. The van der Waals surface area contributed by atoms with Gasteiger partial charge in [-0.05, 0) is 30.2 Å². The molecule has 96 valence electrons. The van der Waals surface area contributed by atoms with Crippen molar-refractivity contribution in [1.82, 2.24) is 15.0 Å². The predicted molar refractivity (Wildman–Crippen MR) is 68.1 cm³/mol. The van der Waals surface area contributed by atoms with Crippen molar-refractivity contribution in [3.05, 3.63) is 53.4 Å². The standard InChI is InChI=1S/C13H17FN4/c1-9-5-10(7-11(14)6-9)12(17-15)8-13-16-3-4-18(13)2/h3-7,12,17H,8,15H2,1-2H3. The summed E-state index contributed by atoms with van der Waals surface area (Å²) < 4.78 is 15.3. The molecule has 3 N–H and O–H groups in total. The molecule has 1 atom stereocenters. The number of imidazole rings is 1. The van der Waals surface area contributed by atoms with Gasteiger partial charge in [0, 0.05) is 25.9 Å². The van der Waals surface area contributed by atoms with Crippen LogP contribution in [0.1, 0.15) is 23.0 Å². The third kappa shape index (κ3) is 2.75. The van der Waals surface area contributed by atoms with Gasteiger partial charge < -0.3 is 4.57 Å². The molecule has 5 heteroatoms. The van der Waals surface area contributed by atoms with Crippen LogP contribution < -0.4 is 11.3 Å². The monoisotopic (exact) mass is 248 g/mol. The van der Waals surface area contributed by atoms with E-state index < -0.39 is 0 Å². The Morgan fingerprint density at radius 1 is 1.44 bits per heavy atom. The Hall–Kier alpha value is -1.72. The minimum atomic E-state index is -0.245. The van der Waals surface area contributed by atoms with Crippen LogP contribution in [0.5, 0.6) is 0 Å². The number of nitrogens with one attached hydrogen (secondary N) is 1. The first-order valence-corrected chi connectivity index (χ1v) is 5.79. The number of aryl methyl sites for hydroxylation is 2. The van der Waals surface area contributed by atoms with Crippen LogP contribution in [0.25, 0.3) is 0 Å². The molecule has 0 amide bonds. The van der Waals surface area contributed by atoms with Gasteiger partial charge in [0.05, 0.1) is 6.04 Å². The second kappa shape index (κ2) is 5.29. The first-order chi connectivity index (χ1) is 8.60. The number of aromatic nitrogens is 2. The lowest BCUT2D eigenvalue weighted by atomic mass is 10.0. The van der Waals surface area contributed by atoms with Crippen molar-refractivity contribution in [3.63, 3.8) is 0 Å². The van der Waals surface area contributed by atoms with Crippen molar-refractivity contribution in [2.45, 2.75) is 19.4 Å². The number of hydrogen-bond donors (Lipinski definition) is 2. The van der Waals surface area contributed by atoms with Crippen LogP contribution in [0.3, 0.4) is 0 Å². The zero-order valence-electron chi connectivity index (χ0n) is 10.5. The fourth-order valence-electron chi connectivity index (χ4n) is 2.01. The molecule has 0 bridgehead atoms. The predicted octanol–water partition coefficient (Wildman–Crippen LogP) is 1.61. The Morgan fingerprint density at radius 2 is 2.22 bits per heavy atom. The summed E-state index contributed by atoms with van der Waals surface area (Å²) >= 11 is 0. The largest absolute Gasteiger partial charge is 0.338 e. The van der Waals surface area contributed by atoms with E-state index >= 15 is 0 Å². The van der Waals surface area contributed by atoms with E-state index in [2.05, 4.69) is 10.4 Å². The Morgan fingerprint density at radius 3 is 2.78 bits per heavy atom. The van der Waals surface area contributed by atoms with Gasteiger partial charge >= 0.3 is 0 Å². The molecule has 0 saturated heterocycles. The topological polar surface area (TPSA) is 55.9 Å². The zero-order chi connectivity index (χ0) is 13.1. The van der Waals surface area contributed by atoms with Crippen LogP contribution in [-0.4, -0.2) is 9.55 Å². The van der Waals surface area contributed by atoms with Crippen molar-refractivity contribution in [3.8, 4) is 0 Å². The van der Waals surface area contributed by atoms with E-state index in [4.69, 9.17) is 5.84 Å². The minimum Gasteiger partial charge on any atom is -0.338 e. The molecule has 4 nitrogen and oxygen atoms in total. The smallest absolute Gasteiger partial charge is 0.123 e. The van der Waals surface area contributed by atoms with Gasteiger partial charge in [-0.1, -0.05) is 6.07 Å². The van der Waals surface area contributed by atoms with Crippen molar-refractivity contribution < 1.29 is 4.39 Å². The summed E-state index contributed by atoms with van der Waals surface area (Å²) in [5.41, 5.74) is 4.43. The molecule has 1 heterocycles. The van der Waals surface area contributed by atoms with E-state index in [0.29, 0.717) is 6.42 Å². The molecule has 0 spiro atoms. The van der Waals surface area contributed by atoms with Crippen molar-refractivity contribution in [2.24, 2.45) is 12.9 Å². The lowest BCUT2D eigenvalue weighted by Gasteiger charge is -2.16. The van der Waals surface area contributed by atoms with E-state index in [1.54, 1.807) is 6.20 Å². The summed E-state index contributed by atoms with van der Waals surface area (Å²) in [6.45, 7) is 1.86. The van der Waals surface area contributed by atoms with Gasteiger partial charge in [-0.3, -0.25) is 11.3 Å². The van der Waals surface area contributed by atoms with Gasteiger partial charge in [-0.25, -0.2) is 9.37 Å². The molecule has 1 unspecified atom stereocenters. The van der Waals surface area contributed by atoms with Crippen LogP contribution >= 0.6 is 0 Å². The van der Waals surface area contributed by atoms with E-state index in [1.165, 1.54) is 12.1 Å². The fourth-order valence-corrected chi connectivity index (χ4v) is 2.01. The number of benzene rings is 1. The molecule has 2 aromatic rings. The van der Waals surface area contributed by atoms with E-state index in [-0.39, 0.29) is 11.9 Å². The van der Waals surface area contributed by atoms with Crippen molar-refractivity contribution >= 4 is 0 Å². The maximum atomic E-state index is 13.4. The summed E-state index contributed by atoms with van der Waals surface area (Å²) in [7, 11) is 1.92. The van der Waals surface area contributed by atoms with Gasteiger partial charge in [0.25, 0.3) is 0 Å². The molecular weight excluding hydrogens is 231 g/mol. The van der Waals surface area contributed by atoms with Gasteiger partial charge in [0.1, 0.15) is 11.6 Å². The zero-order valence-corrected chi connectivity index (χ0v) is 10.5. The third-order valence-corrected chi connectivity index (χ3v) is 2.98. The average molecular weight is 248 g/mol. The number of halogens is 1. The molecule has 0 aliphatic rings. The second-order valence-electron chi connectivity index (χ2n) is 4.44. The van der Waals surface area contributed by atoms with Crippen LogP contribution in [-0.2, 0) is 13.5 Å². The van der Waals surface area contributed by atoms with Crippen LogP contribution in [0.2, 0.25) is 0 Å². The SMILES string of the molecule is Cc1cc(F)cc(C(Cc2nccn2C)NN)c1. The number of nitrogens with zero attached hydrogens (tertiary/aromatic N) is 2. The van der Waals surface area contributed by atoms with Crippen LogP contribution in [0, 0.1) is 12.7 Å². The molecule has 0 saturated carbocycles. The van der Waals surface area contributed by atoms with Gasteiger partial charge in [0.15, 0.2) is 0 Å². The highest BCUT2D eigenvalue weighted by Gasteiger charge is 2.14. The van der Waals surface area contributed by atoms with Gasteiger partial charge in [-0.15, -0.1) is 0 Å². The Labute approximate surface area is 106 Å². The van der Waals surface area contributed by atoms with Crippen LogP contribution in [0.4, 0.5) is 4.39 Å². The number of hydrazine groups is 1. The lowest BCUT2D eigenvalue weighted by Crippen LogP contribution is -2.30. The fraction of sp³-hybridized carbons (Fsp3) is 0.308. The van der Waals surface area contributed by atoms with Crippen LogP contribution in [0.15, 0.2) is 30.6 Å². The molecule has 0 radical (unpaired) electrons. The second-order valence-corrected chi connectivity index (χ2v) is 4.44. The minimum absolute atomic E-state index is 0.152. The summed E-state index contributed by atoms with van der Waals surface area (Å²) in [6, 6.07) is 4.77. The normalized spacial score (nSPS) is 12.7. The lowest BCUT2D eigenvalue weighted by molar-refractivity contribution is 0.524. The third-order valence-electron chi connectivity index (χ3n) is 2.98. The highest BCUT2D eigenvalue weighted by atomic mass is 19.1. The molecule has 1 aromatic carbocycles. The summed E-state index contributed by atoms with van der Waals surface area (Å²) in [5.74, 6) is 6.22. The Balaban J connectivity index is 2.25. The maximum Gasteiger partial charge on any atom is 0.123 e. The van der Waals surface area contributed by atoms with Gasteiger partial charge in [-0.2, -0.15) is 0 Å². The van der Waals surface area contributed by atoms with Crippen molar-refractivity contribution in [2.75, 3.05) is 0 Å². The quantitative estimate of drug-likeness (QED) is 0.638. The molecule has 0 fully saturated rings. The molecule has 18 heavy (non-hydrogen) atoms. The number of nitrogens with two attached hydrogens (primary N) is 1. The van der Waals surface area contributed by atoms with E-state index in [9.17, 15) is 4.39 Å². The molecule has 2 rings (SSSR count). The molecule has 1 aromatic heterocycles. The Kier molecular flexibility index (Phi) is 3.74. The van der Waals surface area contributed by atoms with Gasteiger partial charge in [0.2, 0.25) is 0 Å². The number of hydrogen-bond acceptors (Lipinski definition) is 3. The Bertz CT molecular complexity index is 515. The molecular formula is C13H17FN4. The maximum absolute atomic E-state index is 13.4. The summed E-state index contributed by atoms with van der Waals surface area (Å²) in [4.78, 5) is 4.25. The van der Waals surface area contributed by atoms with Crippen molar-refractivity contribution in [1.29, 1.82) is 0 Å². The summed E-state index contributed by atoms with van der Waals surface area (Å²) in [6.07, 6.45) is 4.22.